The van der Waals surface area contributed by atoms with Gasteiger partial charge in [0.05, 0.1) is 28.8 Å². The van der Waals surface area contributed by atoms with Crippen molar-refractivity contribution in [3.05, 3.63) is 68.5 Å². The molecule has 146 valence electrons. The SMILES string of the molecule is CC1CCc2sc(C(=O)Nc3ccccc3-n3ncc4c(=O)[nH]cnc43)cc2C1. The first kappa shape index (κ1) is 17.8. The summed E-state index contributed by atoms with van der Waals surface area (Å²) in [6.45, 7) is 2.25. The maximum Gasteiger partial charge on any atom is 0.265 e. The lowest BCUT2D eigenvalue weighted by Crippen LogP contribution is -2.13. The quantitative estimate of drug-likeness (QED) is 0.545. The van der Waals surface area contributed by atoms with E-state index in [1.165, 1.54) is 29.4 Å². The summed E-state index contributed by atoms with van der Waals surface area (Å²) in [6, 6.07) is 9.40. The Hall–Kier alpha value is -3.26. The molecule has 0 saturated carbocycles. The number of hydrogen-bond donors (Lipinski definition) is 2. The zero-order chi connectivity index (χ0) is 20.0. The minimum Gasteiger partial charge on any atom is -0.319 e. The Kier molecular flexibility index (Phi) is 4.28. The van der Waals surface area contributed by atoms with E-state index in [1.54, 1.807) is 16.0 Å². The van der Waals surface area contributed by atoms with Crippen LogP contribution in [-0.2, 0) is 12.8 Å². The maximum atomic E-state index is 13.0. The Bertz CT molecular complexity index is 1290. The maximum absolute atomic E-state index is 13.0. The number of aromatic amines is 1. The predicted molar refractivity (Wildman–Crippen MR) is 113 cm³/mol. The molecule has 7 nitrogen and oxygen atoms in total. The van der Waals surface area contributed by atoms with Crippen LogP contribution in [0.15, 0.2) is 47.7 Å². The number of hydrogen-bond acceptors (Lipinski definition) is 5. The van der Waals surface area contributed by atoms with Crippen LogP contribution in [0, 0.1) is 5.92 Å². The van der Waals surface area contributed by atoms with Gasteiger partial charge in [-0.15, -0.1) is 11.3 Å². The Morgan fingerprint density at radius 2 is 2.21 bits per heavy atom. The van der Waals surface area contributed by atoms with E-state index in [1.807, 2.05) is 30.3 Å². The molecular weight excluding hydrogens is 386 g/mol. The number of thiophene rings is 1. The van der Waals surface area contributed by atoms with E-state index in [0.29, 0.717) is 28.3 Å². The molecule has 1 aromatic carbocycles. The van der Waals surface area contributed by atoms with E-state index < -0.39 is 0 Å². The summed E-state index contributed by atoms with van der Waals surface area (Å²) in [4.78, 5) is 33.8. The standard InChI is InChI=1S/C21H19N5O2S/c1-12-6-7-17-13(8-12)9-18(29-17)21(28)25-15-4-2-3-5-16(15)26-19-14(10-24-26)20(27)23-11-22-19/h2-5,9-12H,6-8H2,1H3,(H,25,28)(H,22,23,27). The summed E-state index contributed by atoms with van der Waals surface area (Å²) < 4.78 is 1.57. The van der Waals surface area contributed by atoms with Crippen molar-refractivity contribution in [1.82, 2.24) is 19.7 Å². The number of fused-ring (bicyclic) bond motifs is 2. The van der Waals surface area contributed by atoms with Gasteiger partial charge < -0.3 is 10.3 Å². The fraction of sp³-hybridized carbons (Fsp3) is 0.238. The smallest absolute Gasteiger partial charge is 0.265 e. The van der Waals surface area contributed by atoms with Gasteiger partial charge in [0, 0.05) is 4.88 Å². The molecule has 8 heteroatoms. The van der Waals surface area contributed by atoms with Crippen molar-refractivity contribution in [1.29, 1.82) is 0 Å². The molecule has 3 heterocycles. The molecule has 0 radical (unpaired) electrons. The highest BCUT2D eigenvalue weighted by Crippen LogP contribution is 2.33. The normalized spacial score (nSPS) is 16.0. The molecule has 29 heavy (non-hydrogen) atoms. The highest BCUT2D eigenvalue weighted by atomic mass is 32.1. The lowest BCUT2D eigenvalue weighted by atomic mass is 9.90. The van der Waals surface area contributed by atoms with E-state index in [-0.39, 0.29) is 11.5 Å². The molecule has 0 spiro atoms. The molecule has 3 aromatic heterocycles. The monoisotopic (exact) mass is 405 g/mol. The van der Waals surface area contributed by atoms with Crippen molar-refractivity contribution in [2.75, 3.05) is 5.32 Å². The van der Waals surface area contributed by atoms with Crippen LogP contribution in [0.4, 0.5) is 5.69 Å². The average Bonchev–Trinajstić information content (AvgIpc) is 3.33. The van der Waals surface area contributed by atoms with Gasteiger partial charge in [-0.1, -0.05) is 19.1 Å². The summed E-state index contributed by atoms with van der Waals surface area (Å²) >= 11 is 1.58. The van der Waals surface area contributed by atoms with E-state index >= 15 is 0 Å². The fourth-order valence-electron chi connectivity index (χ4n) is 3.80. The number of nitrogens with one attached hydrogen (secondary N) is 2. The van der Waals surface area contributed by atoms with Crippen molar-refractivity contribution in [2.24, 2.45) is 5.92 Å². The minimum absolute atomic E-state index is 0.133. The highest BCUT2D eigenvalue weighted by Gasteiger charge is 2.21. The van der Waals surface area contributed by atoms with Gasteiger partial charge in [0.2, 0.25) is 0 Å². The van der Waals surface area contributed by atoms with Crippen LogP contribution in [0.2, 0.25) is 0 Å². The van der Waals surface area contributed by atoms with Gasteiger partial charge in [-0.25, -0.2) is 9.67 Å². The molecule has 1 atom stereocenters. The van der Waals surface area contributed by atoms with Crippen LogP contribution >= 0.6 is 11.3 Å². The second kappa shape index (κ2) is 6.97. The van der Waals surface area contributed by atoms with Crippen LogP contribution < -0.4 is 10.9 Å². The topological polar surface area (TPSA) is 92.7 Å². The average molecular weight is 405 g/mol. The van der Waals surface area contributed by atoms with Crippen molar-refractivity contribution in [3.63, 3.8) is 0 Å². The highest BCUT2D eigenvalue weighted by molar-refractivity contribution is 7.14. The summed E-state index contributed by atoms with van der Waals surface area (Å²) in [5.41, 5.74) is 2.76. The number of nitrogens with zero attached hydrogens (tertiary/aromatic N) is 3. The van der Waals surface area contributed by atoms with Crippen LogP contribution in [0.5, 0.6) is 0 Å². The van der Waals surface area contributed by atoms with Gasteiger partial charge in [0.1, 0.15) is 5.39 Å². The Balaban J connectivity index is 1.49. The van der Waals surface area contributed by atoms with Crippen LogP contribution in [-0.4, -0.2) is 25.7 Å². The predicted octanol–water partition coefficient (Wildman–Crippen LogP) is 3.55. The molecule has 1 amide bonds. The lowest BCUT2D eigenvalue weighted by Gasteiger charge is -2.16. The van der Waals surface area contributed by atoms with Crippen molar-refractivity contribution >= 4 is 34.0 Å². The lowest BCUT2D eigenvalue weighted by molar-refractivity contribution is 0.103. The number of rotatable bonds is 3. The van der Waals surface area contributed by atoms with Crippen LogP contribution in [0.3, 0.4) is 0 Å². The number of benzene rings is 1. The van der Waals surface area contributed by atoms with Crippen molar-refractivity contribution in [3.8, 4) is 5.69 Å². The van der Waals surface area contributed by atoms with Gasteiger partial charge in [0.25, 0.3) is 11.5 Å². The first-order chi connectivity index (χ1) is 14.1. The number of anilines is 1. The van der Waals surface area contributed by atoms with E-state index in [0.717, 1.165) is 17.7 Å². The number of carbonyl (C=O) groups is 1. The van der Waals surface area contributed by atoms with Crippen molar-refractivity contribution < 1.29 is 4.79 Å². The molecule has 1 aliphatic carbocycles. The zero-order valence-electron chi connectivity index (χ0n) is 15.8. The molecule has 0 bridgehead atoms. The Morgan fingerprint density at radius 3 is 3.10 bits per heavy atom. The second-order valence-corrected chi connectivity index (χ2v) is 8.54. The molecular formula is C21H19N5O2S. The second-order valence-electron chi connectivity index (χ2n) is 7.40. The Morgan fingerprint density at radius 1 is 1.34 bits per heavy atom. The number of H-pyrrole nitrogens is 1. The van der Waals surface area contributed by atoms with E-state index in [9.17, 15) is 9.59 Å². The third-order valence-corrected chi connectivity index (χ3v) is 6.54. The van der Waals surface area contributed by atoms with Crippen LogP contribution in [0.25, 0.3) is 16.7 Å². The van der Waals surface area contributed by atoms with Gasteiger partial charge in [-0.3, -0.25) is 9.59 Å². The number of para-hydroxylation sites is 2. The fourth-order valence-corrected chi connectivity index (χ4v) is 4.90. The molecule has 0 fully saturated rings. The molecule has 0 saturated heterocycles. The Labute approximate surface area is 170 Å². The third kappa shape index (κ3) is 3.15. The molecule has 2 N–H and O–H groups in total. The van der Waals surface area contributed by atoms with Crippen molar-refractivity contribution in [2.45, 2.75) is 26.2 Å². The molecule has 4 aromatic rings. The van der Waals surface area contributed by atoms with E-state index in [2.05, 4.69) is 27.3 Å². The van der Waals surface area contributed by atoms with Crippen LogP contribution in [0.1, 0.15) is 33.5 Å². The summed E-state index contributed by atoms with van der Waals surface area (Å²) in [5, 5.41) is 7.72. The van der Waals surface area contributed by atoms with Gasteiger partial charge >= 0.3 is 0 Å². The summed E-state index contributed by atoms with van der Waals surface area (Å²) in [6.07, 6.45) is 6.09. The first-order valence-corrected chi connectivity index (χ1v) is 10.4. The largest absolute Gasteiger partial charge is 0.319 e. The van der Waals surface area contributed by atoms with E-state index in [4.69, 9.17) is 0 Å². The minimum atomic E-state index is -0.249. The summed E-state index contributed by atoms with van der Waals surface area (Å²) in [7, 11) is 0. The summed E-state index contributed by atoms with van der Waals surface area (Å²) in [5.74, 6) is 0.532. The number of aryl methyl sites for hydroxylation is 1. The molecule has 1 unspecified atom stereocenters. The van der Waals surface area contributed by atoms with Gasteiger partial charge in [0.15, 0.2) is 5.65 Å². The van der Waals surface area contributed by atoms with Gasteiger partial charge in [-0.2, -0.15) is 5.10 Å². The number of amides is 1. The number of aromatic nitrogens is 4. The van der Waals surface area contributed by atoms with Gasteiger partial charge in [-0.05, 0) is 48.9 Å². The number of carbonyl (C=O) groups excluding carboxylic acids is 1. The molecule has 0 aliphatic heterocycles. The molecule has 1 aliphatic rings. The zero-order valence-corrected chi connectivity index (χ0v) is 16.6. The first-order valence-electron chi connectivity index (χ1n) is 9.54. The molecule has 5 rings (SSSR count). The third-order valence-electron chi connectivity index (χ3n) is 5.30.